The van der Waals surface area contributed by atoms with Gasteiger partial charge < -0.3 is 5.32 Å². The van der Waals surface area contributed by atoms with Crippen molar-refractivity contribution in [3.05, 3.63) is 98.0 Å². The number of halogens is 2. The van der Waals surface area contributed by atoms with Gasteiger partial charge in [-0.1, -0.05) is 53.5 Å². The smallest absolute Gasteiger partial charge is 0.286 e. The minimum Gasteiger partial charge on any atom is -0.317 e. The van der Waals surface area contributed by atoms with Crippen LogP contribution < -0.4 is 21.3 Å². The number of nitrogens with one attached hydrogen (secondary N) is 3. The van der Waals surface area contributed by atoms with Gasteiger partial charge in [0.25, 0.3) is 17.4 Å². The van der Waals surface area contributed by atoms with E-state index in [0.29, 0.717) is 16.1 Å². The van der Waals surface area contributed by atoms with Gasteiger partial charge in [-0.3, -0.25) is 24.8 Å². The number of carbonyl (C=O) groups is 2. The Balaban J connectivity index is 1.88. The first-order valence-corrected chi connectivity index (χ1v) is 9.72. The summed E-state index contributed by atoms with van der Waals surface area (Å²) in [5, 5.41) is 10.1. The molecule has 8 nitrogen and oxygen atoms in total. The predicted octanol–water partition coefficient (Wildman–Crippen LogP) is 3.02. The number of hydrogen-bond donors (Lipinski definition) is 3. The van der Waals surface area contributed by atoms with Crippen molar-refractivity contribution in [1.29, 1.82) is 0 Å². The van der Waals surface area contributed by atoms with Crippen molar-refractivity contribution >= 4 is 46.8 Å². The number of carbonyl (C=O) groups excluding carboxylic acids is 2. The molecule has 0 aliphatic rings. The van der Waals surface area contributed by atoms with E-state index >= 15 is 0 Å². The Labute approximate surface area is 187 Å². The second-order valence-corrected chi connectivity index (χ2v) is 7.14. The number of rotatable bonds is 6. The van der Waals surface area contributed by atoms with Crippen LogP contribution in [0.2, 0.25) is 10.0 Å². The monoisotopic (exact) mass is 457 g/mol. The van der Waals surface area contributed by atoms with Gasteiger partial charge in [0.2, 0.25) is 0 Å². The van der Waals surface area contributed by atoms with E-state index in [9.17, 15) is 14.4 Å². The summed E-state index contributed by atoms with van der Waals surface area (Å²) in [7, 11) is 1.49. The first-order valence-electron chi connectivity index (χ1n) is 8.96. The van der Waals surface area contributed by atoms with E-state index < -0.39 is 17.4 Å². The summed E-state index contributed by atoms with van der Waals surface area (Å²) in [5.41, 5.74) is 3.13. The third-order valence-electron chi connectivity index (χ3n) is 4.12. The highest BCUT2D eigenvalue weighted by Crippen LogP contribution is 2.18. The zero-order chi connectivity index (χ0) is 22.4. The zero-order valence-corrected chi connectivity index (χ0v) is 17.7. The fraction of sp³-hybridized carbons (Fsp3) is 0.0476. The van der Waals surface area contributed by atoms with Crippen LogP contribution in [0.1, 0.15) is 15.9 Å². The van der Waals surface area contributed by atoms with Crippen LogP contribution in [-0.4, -0.2) is 29.1 Å². The lowest BCUT2D eigenvalue weighted by atomic mass is 10.1. The van der Waals surface area contributed by atoms with Crippen LogP contribution in [0.15, 0.2) is 71.3 Å². The molecule has 3 N–H and O–H groups in total. The topological polar surface area (TPSA) is 107 Å². The highest BCUT2D eigenvalue weighted by atomic mass is 35.5. The number of H-pyrrole nitrogens is 1. The normalized spacial score (nSPS) is 11.0. The van der Waals surface area contributed by atoms with Gasteiger partial charge in [-0.2, -0.15) is 5.10 Å². The van der Waals surface area contributed by atoms with Gasteiger partial charge in [-0.05, 0) is 35.9 Å². The third kappa shape index (κ3) is 5.71. The molecule has 3 rings (SSSR count). The van der Waals surface area contributed by atoms with Crippen LogP contribution in [0.25, 0.3) is 6.08 Å². The lowest BCUT2D eigenvalue weighted by molar-refractivity contribution is -0.117. The SMILES string of the molecule is CN(NC(=O)/C(=C/c1ccc(Cl)cc1)NC(=O)c1ccccc1)c1cn[nH]c(=O)c1Cl. The number of aromatic nitrogens is 2. The fourth-order valence-electron chi connectivity index (χ4n) is 2.55. The fourth-order valence-corrected chi connectivity index (χ4v) is 2.89. The molecule has 158 valence electrons. The Kier molecular flexibility index (Phi) is 7.07. The second-order valence-electron chi connectivity index (χ2n) is 6.33. The van der Waals surface area contributed by atoms with E-state index in [1.165, 1.54) is 24.3 Å². The number of hydrogen-bond acceptors (Lipinski definition) is 5. The molecule has 0 spiro atoms. The van der Waals surface area contributed by atoms with Gasteiger partial charge in [0.05, 0.1) is 6.20 Å². The minimum atomic E-state index is -0.641. The molecule has 0 aliphatic heterocycles. The molecule has 0 saturated heterocycles. The van der Waals surface area contributed by atoms with Crippen LogP contribution in [0.5, 0.6) is 0 Å². The van der Waals surface area contributed by atoms with Crippen molar-refractivity contribution in [1.82, 2.24) is 20.9 Å². The molecular weight excluding hydrogens is 441 g/mol. The quantitative estimate of drug-likeness (QED) is 0.389. The van der Waals surface area contributed by atoms with E-state index in [0.717, 1.165) is 0 Å². The molecule has 1 aromatic heterocycles. The Morgan fingerprint density at radius 1 is 1.06 bits per heavy atom. The van der Waals surface area contributed by atoms with Crippen LogP contribution in [0.4, 0.5) is 5.69 Å². The van der Waals surface area contributed by atoms with Crippen LogP contribution in [-0.2, 0) is 4.79 Å². The summed E-state index contributed by atoms with van der Waals surface area (Å²) in [5.74, 6) is -1.10. The van der Waals surface area contributed by atoms with Gasteiger partial charge in [-0.25, -0.2) is 5.10 Å². The summed E-state index contributed by atoms with van der Waals surface area (Å²) in [6.07, 6.45) is 2.78. The van der Waals surface area contributed by atoms with Crippen LogP contribution in [0, 0.1) is 0 Å². The standard InChI is InChI=1S/C21H17Cl2N5O3/c1-28(17-12-24-26-21(31)18(17)23)27-20(30)16(11-13-7-9-15(22)10-8-13)25-19(29)14-5-3-2-4-6-14/h2-12H,1H3,(H,25,29)(H,26,31)(H,27,30)/b16-11-. The second kappa shape index (κ2) is 9.92. The predicted molar refractivity (Wildman–Crippen MR) is 120 cm³/mol. The molecule has 0 atom stereocenters. The maximum absolute atomic E-state index is 13.0. The van der Waals surface area contributed by atoms with E-state index in [1.54, 1.807) is 54.6 Å². The third-order valence-corrected chi connectivity index (χ3v) is 4.73. The summed E-state index contributed by atoms with van der Waals surface area (Å²) in [6.45, 7) is 0. The molecule has 2 aromatic carbocycles. The van der Waals surface area contributed by atoms with Gasteiger partial charge >= 0.3 is 0 Å². The molecule has 0 bridgehead atoms. The summed E-state index contributed by atoms with van der Waals surface area (Å²) in [4.78, 5) is 37.2. The average Bonchev–Trinajstić information content (AvgIpc) is 2.77. The Morgan fingerprint density at radius 2 is 1.74 bits per heavy atom. The molecule has 10 heteroatoms. The highest BCUT2D eigenvalue weighted by Gasteiger charge is 2.18. The van der Waals surface area contributed by atoms with Crippen molar-refractivity contribution in [3.63, 3.8) is 0 Å². The number of nitrogens with zero attached hydrogens (tertiary/aromatic N) is 2. The Hall–Kier alpha value is -3.62. The number of hydrazine groups is 1. The minimum absolute atomic E-state index is 0.0306. The number of benzene rings is 2. The first kappa shape index (κ1) is 22.1. The lowest BCUT2D eigenvalue weighted by Gasteiger charge is -2.21. The molecule has 0 fully saturated rings. The van der Waals surface area contributed by atoms with Crippen molar-refractivity contribution in [2.45, 2.75) is 0 Å². The van der Waals surface area contributed by atoms with E-state index in [-0.39, 0.29) is 16.4 Å². The Morgan fingerprint density at radius 3 is 2.42 bits per heavy atom. The molecule has 1 heterocycles. The van der Waals surface area contributed by atoms with Crippen molar-refractivity contribution < 1.29 is 9.59 Å². The summed E-state index contributed by atoms with van der Waals surface area (Å²) < 4.78 is 0. The zero-order valence-electron chi connectivity index (χ0n) is 16.2. The maximum Gasteiger partial charge on any atom is 0.286 e. The van der Waals surface area contributed by atoms with Crippen molar-refractivity contribution in [2.24, 2.45) is 0 Å². The molecule has 31 heavy (non-hydrogen) atoms. The lowest BCUT2D eigenvalue weighted by Crippen LogP contribution is -2.44. The van der Waals surface area contributed by atoms with E-state index in [1.807, 2.05) is 0 Å². The van der Waals surface area contributed by atoms with Gasteiger partial charge in [-0.15, -0.1) is 0 Å². The molecule has 0 unspecified atom stereocenters. The van der Waals surface area contributed by atoms with Crippen molar-refractivity contribution in [3.8, 4) is 0 Å². The van der Waals surface area contributed by atoms with Gasteiger partial charge in [0.15, 0.2) is 0 Å². The summed E-state index contributed by atoms with van der Waals surface area (Å²) >= 11 is 11.9. The number of anilines is 1. The number of amides is 2. The number of aromatic amines is 1. The largest absolute Gasteiger partial charge is 0.317 e. The average molecular weight is 458 g/mol. The molecule has 2 amide bonds. The van der Waals surface area contributed by atoms with Crippen LogP contribution >= 0.6 is 23.2 Å². The molecule has 0 aliphatic carbocycles. The van der Waals surface area contributed by atoms with Gasteiger partial charge in [0, 0.05) is 17.6 Å². The molecular formula is C21H17Cl2N5O3. The van der Waals surface area contributed by atoms with E-state index in [2.05, 4.69) is 20.9 Å². The molecule has 3 aromatic rings. The summed E-state index contributed by atoms with van der Waals surface area (Å²) in [6, 6.07) is 15.2. The molecule has 0 saturated carbocycles. The van der Waals surface area contributed by atoms with E-state index in [4.69, 9.17) is 23.2 Å². The Bertz CT molecular complexity index is 1180. The van der Waals surface area contributed by atoms with Crippen molar-refractivity contribution in [2.75, 3.05) is 12.1 Å². The van der Waals surface area contributed by atoms with Gasteiger partial charge in [0.1, 0.15) is 16.4 Å². The first-order chi connectivity index (χ1) is 14.8. The maximum atomic E-state index is 13.0. The molecule has 0 radical (unpaired) electrons. The van der Waals surface area contributed by atoms with Crippen LogP contribution in [0.3, 0.4) is 0 Å². The highest BCUT2D eigenvalue weighted by molar-refractivity contribution is 6.33.